The summed E-state index contributed by atoms with van der Waals surface area (Å²) in [6, 6.07) is 12.5. The molecule has 1 heterocycles. The molecule has 0 saturated heterocycles. The average Bonchev–Trinajstić information content (AvgIpc) is 2.96. The minimum atomic E-state index is 0.643. The topological polar surface area (TPSA) is 25.2 Å². The predicted molar refractivity (Wildman–Crippen MR) is 92.1 cm³/mol. The van der Waals surface area contributed by atoms with E-state index in [-0.39, 0.29) is 0 Å². The second-order valence-corrected chi connectivity index (χ2v) is 6.63. The summed E-state index contributed by atoms with van der Waals surface area (Å²) in [5.41, 5.74) is 1.07. The number of halogens is 1. The Hall–Kier alpha value is -1.25. The lowest BCUT2D eigenvalue weighted by molar-refractivity contribution is 0.373. The lowest BCUT2D eigenvalue weighted by Crippen LogP contribution is -2.29. The molecule has 3 heteroatoms. The highest BCUT2D eigenvalue weighted by Crippen LogP contribution is 2.24. The molecule has 0 atom stereocenters. The average molecular weight is 318 g/mol. The van der Waals surface area contributed by atoms with Crippen molar-refractivity contribution in [2.24, 2.45) is 0 Å². The number of hydrogen-bond donors (Lipinski definition) is 1. The third-order valence-electron chi connectivity index (χ3n) is 4.46. The van der Waals surface area contributed by atoms with E-state index in [0.717, 1.165) is 28.7 Å². The molecule has 0 amide bonds. The molecular weight excluding hydrogens is 294 g/mol. The highest BCUT2D eigenvalue weighted by molar-refractivity contribution is 6.30. The Morgan fingerprint density at radius 2 is 1.59 bits per heavy atom. The van der Waals surface area contributed by atoms with Crippen molar-refractivity contribution < 1.29 is 4.42 Å². The minimum absolute atomic E-state index is 0.643. The highest BCUT2D eigenvalue weighted by Gasteiger charge is 2.12. The summed E-state index contributed by atoms with van der Waals surface area (Å²) < 4.78 is 5.95. The van der Waals surface area contributed by atoms with Crippen LogP contribution in [0.1, 0.15) is 50.7 Å². The maximum absolute atomic E-state index is 5.95. The predicted octanol–water partition coefficient (Wildman–Crippen LogP) is 5.80. The lowest BCUT2D eigenvalue weighted by Gasteiger charge is -2.20. The first-order valence-electron chi connectivity index (χ1n) is 8.39. The van der Waals surface area contributed by atoms with Gasteiger partial charge in [-0.25, -0.2) is 0 Å². The maximum atomic E-state index is 5.95. The fourth-order valence-corrected chi connectivity index (χ4v) is 3.27. The van der Waals surface area contributed by atoms with Crippen molar-refractivity contribution in [1.82, 2.24) is 5.32 Å². The zero-order valence-corrected chi connectivity index (χ0v) is 13.7. The summed E-state index contributed by atoms with van der Waals surface area (Å²) in [6.07, 6.45) is 9.49. The molecule has 1 aromatic carbocycles. The molecule has 0 radical (unpaired) electrons. The summed E-state index contributed by atoms with van der Waals surface area (Å²) in [7, 11) is 0. The van der Waals surface area contributed by atoms with Crippen LogP contribution < -0.4 is 5.32 Å². The molecule has 1 fully saturated rings. The third-order valence-corrected chi connectivity index (χ3v) is 4.71. The number of nitrogens with one attached hydrogen (secondary N) is 1. The number of furan rings is 1. The van der Waals surface area contributed by atoms with Crippen LogP contribution in [0.3, 0.4) is 0 Å². The van der Waals surface area contributed by atoms with Gasteiger partial charge < -0.3 is 9.73 Å². The largest absolute Gasteiger partial charge is 0.460 e. The van der Waals surface area contributed by atoms with E-state index in [2.05, 4.69) is 11.4 Å². The zero-order valence-electron chi connectivity index (χ0n) is 13.0. The first-order chi connectivity index (χ1) is 10.8. The molecule has 1 aromatic heterocycles. The monoisotopic (exact) mass is 317 g/mol. The van der Waals surface area contributed by atoms with Crippen molar-refractivity contribution in [3.8, 4) is 11.3 Å². The van der Waals surface area contributed by atoms with Crippen LogP contribution in [0.2, 0.25) is 5.02 Å². The third kappa shape index (κ3) is 4.37. The van der Waals surface area contributed by atoms with Crippen LogP contribution >= 0.6 is 11.6 Å². The van der Waals surface area contributed by atoms with Gasteiger partial charge in [0.25, 0.3) is 0 Å². The number of rotatable bonds is 4. The summed E-state index contributed by atoms with van der Waals surface area (Å²) in [5.74, 6) is 1.91. The smallest absolute Gasteiger partial charge is 0.134 e. The summed E-state index contributed by atoms with van der Waals surface area (Å²) >= 11 is 5.92. The van der Waals surface area contributed by atoms with Crippen LogP contribution in [0.4, 0.5) is 0 Å². The molecule has 0 aliphatic heterocycles. The molecule has 3 rings (SSSR count). The van der Waals surface area contributed by atoms with E-state index in [4.69, 9.17) is 16.0 Å². The van der Waals surface area contributed by atoms with Crippen LogP contribution in [0.5, 0.6) is 0 Å². The van der Waals surface area contributed by atoms with Gasteiger partial charge in [0.2, 0.25) is 0 Å². The molecule has 2 aromatic rings. The Balaban J connectivity index is 1.56. The van der Waals surface area contributed by atoms with Gasteiger partial charge in [-0.1, -0.05) is 43.7 Å². The van der Waals surface area contributed by atoms with Gasteiger partial charge in [0.1, 0.15) is 11.5 Å². The molecule has 1 aliphatic carbocycles. The van der Waals surface area contributed by atoms with E-state index < -0.39 is 0 Å². The fraction of sp³-hybridized carbons (Fsp3) is 0.474. The molecule has 22 heavy (non-hydrogen) atoms. The molecule has 1 saturated carbocycles. The first kappa shape index (κ1) is 15.6. The van der Waals surface area contributed by atoms with E-state index in [1.54, 1.807) is 0 Å². The van der Waals surface area contributed by atoms with E-state index in [1.807, 2.05) is 30.3 Å². The van der Waals surface area contributed by atoms with Gasteiger partial charge in [-0.05, 0) is 49.2 Å². The molecular formula is C19H24ClNO. The normalized spacial score (nSPS) is 17.1. The second kappa shape index (κ2) is 7.85. The second-order valence-electron chi connectivity index (χ2n) is 6.20. The van der Waals surface area contributed by atoms with Gasteiger partial charge in [0.15, 0.2) is 0 Å². The van der Waals surface area contributed by atoms with Gasteiger partial charge in [-0.3, -0.25) is 0 Å². The minimum Gasteiger partial charge on any atom is -0.460 e. The highest BCUT2D eigenvalue weighted by atomic mass is 35.5. The SMILES string of the molecule is Clc1ccc(-c2ccc(CNC3CCCCCCC3)o2)cc1. The standard InChI is InChI=1S/C19H24ClNO/c20-16-10-8-15(9-11-16)19-13-12-18(22-19)14-21-17-6-4-2-1-3-5-7-17/h8-13,17,21H,1-7,14H2. The van der Waals surface area contributed by atoms with Crippen LogP contribution in [-0.2, 0) is 6.54 Å². The summed E-state index contributed by atoms with van der Waals surface area (Å²) in [5, 5.41) is 4.42. The number of hydrogen-bond acceptors (Lipinski definition) is 2. The molecule has 1 aliphatic rings. The van der Waals surface area contributed by atoms with Gasteiger partial charge in [0.05, 0.1) is 6.54 Å². The zero-order chi connectivity index (χ0) is 15.2. The summed E-state index contributed by atoms with van der Waals surface area (Å²) in [6.45, 7) is 0.818. The van der Waals surface area contributed by atoms with Gasteiger partial charge in [-0.2, -0.15) is 0 Å². The molecule has 1 N–H and O–H groups in total. The Morgan fingerprint density at radius 1 is 0.909 bits per heavy atom. The van der Waals surface area contributed by atoms with E-state index >= 15 is 0 Å². The van der Waals surface area contributed by atoms with Crippen molar-refractivity contribution in [1.29, 1.82) is 0 Å². The fourth-order valence-electron chi connectivity index (χ4n) is 3.15. The van der Waals surface area contributed by atoms with E-state index in [0.29, 0.717) is 6.04 Å². The van der Waals surface area contributed by atoms with Gasteiger partial charge >= 0.3 is 0 Å². The van der Waals surface area contributed by atoms with Crippen molar-refractivity contribution in [3.63, 3.8) is 0 Å². The van der Waals surface area contributed by atoms with Crippen molar-refractivity contribution >= 4 is 11.6 Å². The Kier molecular flexibility index (Phi) is 5.58. The number of benzene rings is 1. The molecule has 118 valence electrons. The Morgan fingerprint density at radius 3 is 2.32 bits per heavy atom. The molecule has 0 spiro atoms. The Labute approximate surface area is 137 Å². The van der Waals surface area contributed by atoms with Crippen molar-refractivity contribution in [3.05, 3.63) is 47.2 Å². The maximum Gasteiger partial charge on any atom is 0.134 e. The quantitative estimate of drug-likeness (QED) is 0.770. The van der Waals surface area contributed by atoms with Crippen molar-refractivity contribution in [2.75, 3.05) is 0 Å². The van der Waals surface area contributed by atoms with Crippen LogP contribution in [-0.4, -0.2) is 6.04 Å². The Bertz CT molecular complexity index is 567. The first-order valence-corrected chi connectivity index (χ1v) is 8.77. The van der Waals surface area contributed by atoms with Crippen molar-refractivity contribution in [2.45, 2.75) is 57.5 Å². The van der Waals surface area contributed by atoms with E-state index in [9.17, 15) is 0 Å². The van der Waals surface area contributed by atoms with E-state index in [1.165, 1.54) is 44.9 Å². The van der Waals surface area contributed by atoms with Gasteiger partial charge in [0, 0.05) is 16.6 Å². The van der Waals surface area contributed by atoms with Crippen LogP contribution in [0.15, 0.2) is 40.8 Å². The van der Waals surface area contributed by atoms with Crippen LogP contribution in [0.25, 0.3) is 11.3 Å². The summed E-state index contributed by atoms with van der Waals surface area (Å²) in [4.78, 5) is 0. The lowest BCUT2D eigenvalue weighted by atomic mass is 9.97. The van der Waals surface area contributed by atoms with Gasteiger partial charge in [-0.15, -0.1) is 0 Å². The molecule has 2 nitrogen and oxygen atoms in total. The molecule has 0 unspecified atom stereocenters. The molecule has 0 bridgehead atoms. The van der Waals surface area contributed by atoms with Crippen LogP contribution in [0, 0.1) is 0 Å².